The van der Waals surface area contributed by atoms with Crippen LogP contribution in [-0.4, -0.2) is 26.0 Å². The van der Waals surface area contributed by atoms with Crippen molar-refractivity contribution < 1.29 is 9.72 Å². The van der Waals surface area contributed by atoms with Gasteiger partial charge < -0.3 is 0 Å². The fourth-order valence-corrected chi connectivity index (χ4v) is 2.06. The molecule has 0 radical (unpaired) electrons. The van der Waals surface area contributed by atoms with Gasteiger partial charge in [-0.25, -0.2) is 4.68 Å². The first kappa shape index (κ1) is 13.6. The molecule has 0 amide bonds. The van der Waals surface area contributed by atoms with E-state index in [9.17, 15) is 14.9 Å². The second kappa shape index (κ2) is 5.57. The van der Waals surface area contributed by atoms with Gasteiger partial charge >= 0.3 is 0 Å². The van der Waals surface area contributed by atoms with Gasteiger partial charge in [-0.2, -0.15) is 5.10 Å². The second-order valence-electron chi connectivity index (χ2n) is 4.50. The van der Waals surface area contributed by atoms with Gasteiger partial charge in [-0.15, -0.1) is 0 Å². The Morgan fingerprint density at radius 3 is 2.55 bits per heavy atom. The van der Waals surface area contributed by atoms with Crippen molar-refractivity contribution in [1.29, 1.82) is 0 Å². The van der Waals surface area contributed by atoms with Crippen LogP contribution in [0.4, 0.5) is 5.69 Å². The monoisotopic (exact) mass is 294 g/mol. The number of aromatic nitrogens is 3. The summed E-state index contributed by atoms with van der Waals surface area (Å²) in [7, 11) is 0. The predicted molar refractivity (Wildman–Crippen MR) is 78.8 cm³/mol. The van der Waals surface area contributed by atoms with E-state index in [2.05, 4.69) is 10.1 Å². The van der Waals surface area contributed by atoms with Crippen molar-refractivity contribution in [3.8, 4) is 16.9 Å². The van der Waals surface area contributed by atoms with E-state index in [1.54, 1.807) is 36.7 Å². The highest BCUT2D eigenvalue weighted by molar-refractivity contribution is 5.77. The molecule has 22 heavy (non-hydrogen) atoms. The standard InChI is InChI=1S/C15H10N4O3/c20-10-14-8-15(11-2-1-7-16-9-11)17-18(14)12-3-5-13(6-4-12)19(21)22/h1-10H. The Balaban J connectivity index is 2.05. The number of pyridine rings is 1. The average Bonchev–Trinajstić information content (AvgIpc) is 3.00. The molecule has 0 unspecified atom stereocenters. The van der Waals surface area contributed by atoms with E-state index < -0.39 is 4.92 Å². The summed E-state index contributed by atoms with van der Waals surface area (Å²) < 4.78 is 1.44. The lowest BCUT2D eigenvalue weighted by molar-refractivity contribution is -0.384. The summed E-state index contributed by atoms with van der Waals surface area (Å²) in [6, 6.07) is 11.1. The minimum absolute atomic E-state index is 0.0176. The molecular formula is C15H10N4O3. The van der Waals surface area contributed by atoms with Gasteiger partial charge in [-0.1, -0.05) is 0 Å². The van der Waals surface area contributed by atoms with E-state index in [1.165, 1.54) is 16.8 Å². The molecular weight excluding hydrogens is 284 g/mol. The van der Waals surface area contributed by atoms with Gasteiger partial charge in [0.15, 0.2) is 6.29 Å². The van der Waals surface area contributed by atoms with Crippen LogP contribution in [0.25, 0.3) is 16.9 Å². The van der Waals surface area contributed by atoms with E-state index in [4.69, 9.17) is 0 Å². The number of nitrogens with zero attached hydrogens (tertiary/aromatic N) is 4. The molecule has 0 spiro atoms. The molecule has 108 valence electrons. The van der Waals surface area contributed by atoms with E-state index >= 15 is 0 Å². The Labute approximate surface area is 125 Å². The Morgan fingerprint density at radius 2 is 1.95 bits per heavy atom. The summed E-state index contributed by atoms with van der Waals surface area (Å²) in [6.45, 7) is 0. The van der Waals surface area contributed by atoms with Gasteiger partial charge in [-0.05, 0) is 30.3 Å². The van der Waals surface area contributed by atoms with E-state index in [-0.39, 0.29) is 5.69 Å². The first-order chi connectivity index (χ1) is 10.7. The summed E-state index contributed by atoms with van der Waals surface area (Å²) in [5.74, 6) is 0. The zero-order valence-corrected chi connectivity index (χ0v) is 11.3. The van der Waals surface area contributed by atoms with Crippen LogP contribution in [0.5, 0.6) is 0 Å². The van der Waals surface area contributed by atoms with Crippen LogP contribution >= 0.6 is 0 Å². The van der Waals surface area contributed by atoms with Gasteiger partial charge in [-0.3, -0.25) is 19.9 Å². The number of hydrogen-bond acceptors (Lipinski definition) is 5. The van der Waals surface area contributed by atoms with E-state index in [0.29, 0.717) is 23.4 Å². The van der Waals surface area contributed by atoms with E-state index in [1.807, 2.05) is 6.07 Å². The molecule has 2 heterocycles. The quantitative estimate of drug-likeness (QED) is 0.419. The Kier molecular flexibility index (Phi) is 3.45. The Morgan fingerprint density at radius 1 is 1.18 bits per heavy atom. The SMILES string of the molecule is O=Cc1cc(-c2cccnc2)nn1-c1ccc([N+](=O)[O-])cc1. The number of aldehydes is 1. The van der Waals surface area contributed by atoms with Crippen molar-refractivity contribution in [1.82, 2.24) is 14.8 Å². The van der Waals surface area contributed by atoms with Crippen LogP contribution in [-0.2, 0) is 0 Å². The fourth-order valence-electron chi connectivity index (χ4n) is 2.06. The molecule has 7 heteroatoms. The lowest BCUT2D eigenvalue weighted by atomic mass is 10.2. The topological polar surface area (TPSA) is 90.9 Å². The third kappa shape index (κ3) is 2.47. The highest BCUT2D eigenvalue weighted by Crippen LogP contribution is 2.21. The van der Waals surface area contributed by atoms with E-state index in [0.717, 1.165) is 5.56 Å². The van der Waals surface area contributed by atoms with Crippen LogP contribution < -0.4 is 0 Å². The zero-order chi connectivity index (χ0) is 15.5. The van der Waals surface area contributed by atoms with Gasteiger partial charge in [0.1, 0.15) is 5.69 Å². The molecule has 0 aliphatic heterocycles. The zero-order valence-electron chi connectivity index (χ0n) is 11.3. The number of carbonyl (C=O) groups excluding carboxylic acids is 1. The lowest BCUT2D eigenvalue weighted by Gasteiger charge is -2.02. The second-order valence-corrected chi connectivity index (χ2v) is 4.50. The lowest BCUT2D eigenvalue weighted by Crippen LogP contribution is -2.01. The summed E-state index contributed by atoms with van der Waals surface area (Å²) in [4.78, 5) is 25.5. The maximum atomic E-state index is 11.2. The third-order valence-corrected chi connectivity index (χ3v) is 3.12. The number of hydrogen-bond donors (Lipinski definition) is 0. The normalized spacial score (nSPS) is 10.4. The van der Waals surface area contributed by atoms with Crippen molar-refractivity contribution in [2.75, 3.05) is 0 Å². The van der Waals surface area contributed by atoms with Crippen molar-refractivity contribution in [2.45, 2.75) is 0 Å². The molecule has 0 aliphatic rings. The van der Waals surface area contributed by atoms with Crippen LogP contribution in [0.1, 0.15) is 10.5 Å². The minimum Gasteiger partial charge on any atom is -0.296 e. The maximum absolute atomic E-state index is 11.2. The third-order valence-electron chi connectivity index (χ3n) is 3.12. The molecule has 3 rings (SSSR count). The largest absolute Gasteiger partial charge is 0.296 e. The van der Waals surface area contributed by atoms with Crippen molar-refractivity contribution >= 4 is 12.0 Å². The number of benzene rings is 1. The number of rotatable bonds is 4. The number of nitro benzene ring substituents is 1. The van der Waals surface area contributed by atoms with Gasteiger partial charge in [0, 0.05) is 30.1 Å². The number of nitro groups is 1. The van der Waals surface area contributed by atoms with Crippen LogP contribution in [0.3, 0.4) is 0 Å². The van der Waals surface area contributed by atoms with Crippen molar-refractivity contribution in [3.05, 3.63) is 70.7 Å². The molecule has 0 N–H and O–H groups in total. The summed E-state index contributed by atoms with van der Waals surface area (Å²) in [5, 5.41) is 15.1. The molecule has 0 fully saturated rings. The van der Waals surface area contributed by atoms with Crippen LogP contribution in [0.2, 0.25) is 0 Å². The summed E-state index contributed by atoms with van der Waals surface area (Å²) in [5.41, 5.74) is 2.30. The molecule has 0 aliphatic carbocycles. The van der Waals surface area contributed by atoms with Crippen LogP contribution in [0.15, 0.2) is 54.9 Å². The van der Waals surface area contributed by atoms with Crippen molar-refractivity contribution in [3.63, 3.8) is 0 Å². The Hall–Kier alpha value is -3.35. The van der Waals surface area contributed by atoms with Crippen molar-refractivity contribution in [2.24, 2.45) is 0 Å². The highest BCUT2D eigenvalue weighted by atomic mass is 16.6. The van der Waals surface area contributed by atoms with Gasteiger partial charge in [0.05, 0.1) is 16.3 Å². The fraction of sp³-hybridized carbons (Fsp3) is 0. The van der Waals surface area contributed by atoms with Gasteiger partial charge in [0.25, 0.3) is 5.69 Å². The predicted octanol–water partition coefficient (Wildman–Crippen LogP) is 2.66. The number of non-ortho nitro benzene ring substituents is 1. The average molecular weight is 294 g/mol. The van der Waals surface area contributed by atoms with Gasteiger partial charge in [0.2, 0.25) is 0 Å². The summed E-state index contributed by atoms with van der Waals surface area (Å²) >= 11 is 0. The molecule has 0 saturated heterocycles. The molecule has 1 aromatic carbocycles. The smallest absolute Gasteiger partial charge is 0.269 e. The van der Waals surface area contributed by atoms with Crippen LogP contribution in [0, 0.1) is 10.1 Å². The molecule has 0 bridgehead atoms. The molecule has 0 saturated carbocycles. The summed E-state index contributed by atoms with van der Waals surface area (Å²) in [6.07, 6.45) is 3.99. The maximum Gasteiger partial charge on any atom is 0.269 e. The minimum atomic E-state index is -0.478. The number of carbonyl (C=O) groups is 1. The Bertz CT molecular complexity index is 826. The molecule has 2 aromatic heterocycles. The molecule has 0 atom stereocenters. The highest BCUT2D eigenvalue weighted by Gasteiger charge is 2.12. The molecule has 3 aromatic rings. The molecule has 7 nitrogen and oxygen atoms in total. The first-order valence-corrected chi connectivity index (χ1v) is 6.39. The first-order valence-electron chi connectivity index (χ1n) is 6.39.